The number of benzene rings is 1. The molecule has 6 heteroatoms. The molecule has 1 saturated heterocycles. The zero-order valence-corrected chi connectivity index (χ0v) is 18.0. The molecule has 3 atom stereocenters. The van der Waals surface area contributed by atoms with Gasteiger partial charge in [0, 0.05) is 6.42 Å². The molecule has 1 aromatic carbocycles. The number of hydrogen-bond acceptors (Lipinski definition) is 4. The van der Waals surface area contributed by atoms with Gasteiger partial charge in [0.25, 0.3) is 0 Å². The molecule has 5 nitrogen and oxygen atoms in total. The van der Waals surface area contributed by atoms with Crippen LogP contribution in [-0.4, -0.2) is 37.7 Å². The summed E-state index contributed by atoms with van der Waals surface area (Å²) in [5.41, 5.74) is 0.959. The average Bonchev–Trinajstić information content (AvgIpc) is 2.89. The highest BCUT2D eigenvalue weighted by Crippen LogP contribution is 2.40. The van der Waals surface area contributed by atoms with Crippen molar-refractivity contribution in [3.05, 3.63) is 48.0 Å². The molecule has 27 heavy (non-hydrogen) atoms. The normalized spacial score (nSPS) is 25.4. The van der Waals surface area contributed by atoms with Crippen molar-refractivity contribution in [2.75, 3.05) is 0 Å². The monoisotopic (exact) mass is 389 g/mol. The first-order valence-corrected chi connectivity index (χ1v) is 12.6. The number of hydrogen-bond donors (Lipinski definition) is 0. The van der Waals surface area contributed by atoms with Gasteiger partial charge >= 0.3 is 6.09 Å². The molecule has 4 rings (SSSR count). The molecule has 3 aliphatic rings. The highest BCUT2D eigenvalue weighted by molar-refractivity contribution is 6.74. The van der Waals surface area contributed by atoms with Crippen molar-refractivity contribution in [1.82, 2.24) is 5.06 Å². The molecule has 2 bridgehead atoms. The first-order chi connectivity index (χ1) is 12.7. The first kappa shape index (κ1) is 20.1. The third kappa shape index (κ3) is 4.81. The number of carbonyl (C=O) groups excluding carboxylic acids is 1. The van der Waals surface area contributed by atoms with Gasteiger partial charge in [-0.25, -0.2) is 4.79 Å². The van der Waals surface area contributed by atoms with Crippen molar-refractivity contribution in [2.24, 2.45) is 0 Å². The molecular formula is C21H31NO4Si. The Morgan fingerprint density at radius 3 is 2.56 bits per heavy atom. The number of amides is 1. The highest BCUT2D eigenvalue weighted by Gasteiger charge is 2.43. The predicted molar refractivity (Wildman–Crippen MR) is 108 cm³/mol. The Morgan fingerprint density at radius 1 is 1.19 bits per heavy atom. The van der Waals surface area contributed by atoms with Crippen molar-refractivity contribution in [2.45, 2.75) is 76.6 Å². The molecule has 0 saturated carbocycles. The Balaban J connectivity index is 1.62. The van der Waals surface area contributed by atoms with Crippen LogP contribution in [0.25, 0.3) is 0 Å². The number of ether oxygens (including phenoxy) is 1. The number of nitrogens with zero attached hydrogens (tertiary/aromatic N) is 1. The minimum absolute atomic E-state index is 0.0859. The minimum Gasteiger partial charge on any atom is -0.443 e. The molecule has 0 aromatic heterocycles. The fourth-order valence-corrected chi connectivity index (χ4v) is 4.54. The summed E-state index contributed by atoms with van der Waals surface area (Å²) in [7, 11) is -1.87. The molecule has 1 aromatic rings. The molecule has 0 unspecified atom stereocenters. The maximum atomic E-state index is 12.6. The van der Waals surface area contributed by atoms with E-state index in [1.807, 2.05) is 42.5 Å². The van der Waals surface area contributed by atoms with Crippen molar-refractivity contribution >= 4 is 14.4 Å². The van der Waals surface area contributed by atoms with Gasteiger partial charge in [0.1, 0.15) is 12.7 Å². The van der Waals surface area contributed by atoms with E-state index in [0.717, 1.165) is 18.4 Å². The smallest absolute Gasteiger partial charge is 0.434 e. The summed E-state index contributed by atoms with van der Waals surface area (Å²) < 4.78 is 12.1. The highest BCUT2D eigenvalue weighted by atomic mass is 28.4. The lowest BCUT2D eigenvalue weighted by molar-refractivity contribution is -0.176. The molecule has 1 fully saturated rings. The molecule has 0 N–H and O–H groups in total. The standard InChI is InChI=1S/C21H31NO4Si/c1-21(2,3)27(4,5)26-19-13-17-11-12-18(14-19)25-22(17)20(23)24-15-16-9-7-6-8-10-16/h6-12,17-19H,13-15H2,1-5H3/t17-,18+,19-/m1/s1. The quantitative estimate of drug-likeness (QED) is 0.534. The van der Waals surface area contributed by atoms with E-state index >= 15 is 0 Å². The van der Waals surface area contributed by atoms with Gasteiger partial charge in [-0.2, -0.15) is 5.06 Å². The third-order valence-corrected chi connectivity index (χ3v) is 10.3. The fraction of sp³-hybridized carbons (Fsp3) is 0.571. The van der Waals surface area contributed by atoms with Gasteiger partial charge in [-0.1, -0.05) is 63.3 Å². The predicted octanol–water partition coefficient (Wildman–Crippen LogP) is 5.05. The number of fused-ring (bicyclic) bond motifs is 3. The van der Waals surface area contributed by atoms with Crippen LogP contribution in [0, 0.1) is 0 Å². The second-order valence-electron chi connectivity index (χ2n) is 8.93. The van der Waals surface area contributed by atoms with E-state index in [-0.39, 0.29) is 29.9 Å². The maximum absolute atomic E-state index is 12.6. The van der Waals surface area contributed by atoms with E-state index in [1.165, 1.54) is 5.06 Å². The van der Waals surface area contributed by atoms with Crippen LogP contribution in [0.3, 0.4) is 0 Å². The van der Waals surface area contributed by atoms with Crippen LogP contribution in [0.15, 0.2) is 42.5 Å². The maximum Gasteiger partial charge on any atom is 0.434 e. The van der Waals surface area contributed by atoms with Crippen LogP contribution < -0.4 is 0 Å². The van der Waals surface area contributed by atoms with E-state index in [1.54, 1.807) is 0 Å². The zero-order chi connectivity index (χ0) is 19.7. The Hall–Kier alpha value is -1.63. The lowest BCUT2D eigenvalue weighted by Crippen LogP contribution is -2.45. The van der Waals surface area contributed by atoms with Crippen LogP contribution in [0.5, 0.6) is 0 Å². The summed E-state index contributed by atoms with van der Waals surface area (Å²) in [4.78, 5) is 18.5. The fourth-order valence-electron chi connectivity index (χ4n) is 3.16. The summed E-state index contributed by atoms with van der Waals surface area (Å²) >= 11 is 0. The first-order valence-electron chi connectivity index (χ1n) is 9.68. The lowest BCUT2D eigenvalue weighted by Gasteiger charge is -2.39. The van der Waals surface area contributed by atoms with Crippen LogP contribution >= 0.6 is 0 Å². The van der Waals surface area contributed by atoms with E-state index in [2.05, 4.69) is 33.9 Å². The molecule has 0 spiro atoms. The van der Waals surface area contributed by atoms with Gasteiger partial charge < -0.3 is 9.16 Å². The molecule has 1 amide bonds. The molecule has 2 heterocycles. The van der Waals surface area contributed by atoms with Crippen LogP contribution in [0.2, 0.25) is 18.1 Å². The lowest BCUT2D eigenvalue weighted by atomic mass is 10.1. The van der Waals surface area contributed by atoms with E-state index in [0.29, 0.717) is 0 Å². The number of hydroxylamine groups is 2. The van der Waals surface area contributed by atoms with E-state index in [4.69, 9.17) is 14.0 Å². The second kappa shape index (κ2) is 7.77. The summed E-state index contributed by atoms with van der Waals surface area (Å²) in [5, 5.41) is 1.55. The van der Waals surface area contributed by atoms with Crippen LogP contribution in [0.1, 0.15) is 39.2 Å². The minimum atomic E-state index is -1.87. The third-order valence-electron chi connectivity index (χ3n) is 5.75. The van der Waals surface area contributed by atoms with Gasteiger partial charge in [0.2, 0.25) is 0 Å². The Bertz CT molecular complexity index is 683. The van der Waals surface area contributed by atoms with Gasteiger partial charge in [-0.15, -0.1) is 0 Å². The molecule has 2 aliphatic heterocycles. The summed E-state index contributed by atoms with van der Waals surface area (Å²) in [6.45, 7) is 11.5. The van der Waals surface area contributed by atoms with Crippen molar-refractivity contribution < 1.29 is 18.8 Å². The summed E-state index contributed by atoms with van der Waals surface area (Å²) in [6.07, 6.45) is 5.09. The van der Waals surface area contributed by atoms with Crippen LogP contribution in [-0.2, 0) is 20.6 Å². The summed E-state index contributed by atoms with van der Waals surface area (Å²) in [5.74, 6) is 0. The van der Waals surface area contributed by atoms with Crippen LogP contribution in [0.4, 0.5) is 4.79 Å². The van der Waals surface area contributed by atoms with Gasteiger partial charge in [-0.05, 0) is 30.1 Å². The largest absolute Gasteiger partial charge is 0.443 e. The van der Waals surface area contributed by atoms with Gasteiger partial charge in [-0.3, -0.25) is 4.84 Å². The molecule has 148 valence electrons. The average molecular weight is 390 g/mol. The van der Waals surface area contributed by atoms with Gasteiger partial charge in [0.15, 0.2) is 8.32 Å². The zero-order valence-electron chi connectivity index (χ0n) is 17.0. The van der Waals surface area contributed by atoms with E-state index < -0.39 is 14.4 Å². The topological polar surface area (TPSA) is 48.0 Å². The van der Waals surface area contributed by atoms with Crippen molar-refractivity contribution in [1.29, 1.82) is 0 Å². The van der Waals surface area contributed by atoms with Gasteiger partial charge in [0.05, 0.1) is 12.1 Å². The molecule has 0 radical (unpaired) electrons. The number of rotatable bonds is 4. The Kier molecular flexibility index (Phi) is 5.79. The number of carbonyl (C=O) groups is 1. The van der Waals surface area contributed by atoms with E-state index in [9.17, 15) is 4.79 Å². The molecule has 1 aliphatic carbocycles. The summed E-state index contributed by atoms with van der Waals surface area (Å²) in [6, 6.07) is 9.52. The van der Waals surface area contributed by atoms with Crippen molar-refractivity contribution in [3.63, 3.8) is 0 Å². The Morgan fingerprint density at radius 2 is 1.89 bits per heavy atom. The SMILES string of the molecule is CC(C)(C)[Si](C)(C)O[C@@H]1C[C@H]2C=C[C@@H](C1)ON2C(=O)OCc1ccccc1. The Labute approximate surface area is 163 Å². The molecular weight excluding hydrogens is 358 g/mol. The second-order valence-corrected chi connectivity index (χ2v) is 13.7. The van der Waals surface area contributed by atoms with Crippen molar-refractivity contribution in [3.8, 4) is 0 Å².